The second-order valence-corrected chi connectivity index (χ2v) is 5.97. The van der Waals surface area contributed by atoms with E-state index in [0.717, 1.165) is 0 Å². The SMILES string of the molecule is Nc1cc(Br)c(NC(=O)c2cccc(Cl)c2)c(Br)c1. The molecule has 0 aliphatic heterocycles. The van der Waals surface area contributed by atoms with Crippen LogP contribution in [0.1, 0.15) is 10.4 Å². The highest BCUT2D eigenvalue weighted by molar-refractivity contribution is 9.11. The van der Waals surface area contributed by atoms with Crippen LogP contribution in [0, 0.1) is 0 Å². The van der Waals surface area contributed by atoms with E-state index < -0.39 is 0 Å². The van der Waals surface area contributed by atoms with Crippen molar-refractivity contribution in [2.45, 2.75) is 0 Å². The molecule has 0 aliphatic carbocycles. The Morgan fingerprint density at radius 3 is 2.37 bits per heavy atom. The van der Waals surface area contributed by atoms with Crippen molar-refractivity contribution in [2.75, 3.05) is 11.1 Å². The van der Waals surface area contributed by atoms with Crippen LogP contribution in [0.2, 0.25) is 5.02 Å². The van der Waals surface area contributed by atoms with E-state index in [1.165, 1.54) is 0 Å². The fourth-order valence-corrected chi connectivity index (χ4v) is 3.14. The summed E-state index contributed by atoms with van der Waals surface area (Å²) >= 11 is 12.6. The van der Waals surface area contributed by atoms with Gasteiger partial charge in [-0.3, -0.25) is 4.79 Å². The van der Waals surface area contributed by atoms with Gasteiger partial charge in [0.25, 0.3) is 5.91 Å². The van der Waals surface area contributed by atoms with Gasteiger partial charge in [0.05, 0.1) is 5.69 Å². The molecule has 3 N–H and O–H groups in total. The van der Waals surface area contributed by atoms with Gasteiger partial charge in [0.15, 0.2) is 0 Å². The molecule has 3 nitrogen and oxygen atoms in total. The molecule has 19 heavy (non-hydrogen) atoms. The number of hydrogen-bond donors (Lipinski definition) is 2. The van der Waals surface area contributed by atoms with E-state index in [1.807, 2.05) is 0 Å². The van der Waals surface area contributed by atoms with Crippen molar-refractivity contribution in [3.05, 3.63) is 55.9 Å². The van der Waals surface area contributed by atoms with Crippen molar-refractivity contribution in [1.29, 1.82) is 0 Å². The summed E-state index contributed by atoms with van der Waals surface area (Å²) in [6.45, 7) is 0. The Morgan fingerprint density at radius 1 is 1.16 bits per heavy atom. The molecule has 2 rings (SSSR count). The van der Waals surface area contributed by atoms with Gasteiger partial charge in [0, 0.05) is 25.2 Å². The van der Waals surface area contributed by atoms with Gasteiger partial charge in [-0.05, 0) is 62.2 Å². The second-order valence-electron chi connectivity index (χ2n) is 3.82. The molecule has 0 radical (unpaired) electrons. The van der Waals surface area contributed by atoms with Gasteiger partial charge in [0.2, 0.25) is 0 Å². The van der Waals surface area contributed by atoms with Crippen LogP contribution in [-0.2, 0) is 0 Å². The zero-order chi connectivity index (χ0) is 14.0. The normalized spacial score (nSPS) is 10.3. The summed E-state index contributed by atoms with van der Waals surface area (Å²) in [6, 6.07) is 10.2. The summed E-state index contributed by atoms with van der Waals surface area (Å²) in [7, 11) is 0. The fourth-order valence-electron chi connectivity index (χ4n) is 1.53. The number of nitrogens with one attached hydrogen (secondary N) is 1. The fraction of sp³-hybridized carbons (Fsp3) is 0. The molecule has 1 amide bonds. The maximum Gasteiger partial charge on any atom is 0.255 e. The lowest BCUT2D eigenvalue weighted by Crippen LogP contribution is -2.12. The highest BCUT2D eigenvalue weighted by Crippen LogP contribution is 2.33. The highest BCUT2D eigenvalue weighted by Gasteiger charge is 2.12. The molecule has 2 aromatic carbocycles. The third-order valence-electron chi connectivity index (χ3n) is 2.39. The van der Waals surface area contributed by atoms with Gasteiger partial charge in [-0.25, -0.2) is 0 Å². The molecule has 0 bridgehead atoms. The molecule has 0 saturated carbocycles. The Balaban J connectivity index is 2.29. The maximum atomic E-state index is 12.1. The Morgan fingerprint density at radius 2 is 1.79 bits per heavy atom. The molecule has 0 aromatic heterocycles. The Labute approximate surface area is 132 Å². The molecule has 0 spiro atoms. The molecule has 2 aromatic rings. The van der Waals surface area contributed by atoms with Crippen LogP contribution >= 0.6 is 43.5 Å². The topological polar surface area (TPSA) is 55.1 Å². The number of carbonyl (C=O) groups excluding carboxylic acids is 1. The first-order chi connectivity index (χ1) is 8.97. The summed E-state index contributed by atoms with van der Waals surface area (Å²) in [5.41, 5.74) is 7.41. The average Bonchev–Trinajstić information content (AvgIpc) is 2.33. The van der Waals surface area contributed by atoms with Crippen molar-refractivity contribution in [3.8, 4) is 0 Å². The van der Waals surface area contributed by atoms with Crippen molar-refractivity contribution in [3.63, 3.8) is 0 Å². The number of anilines is 2. The van der Waals surface area contributed by atoms with Gasteiger partial charge in [-0.1, -0.05) is 17.7 Å². The number of halogens is 3. The second kappa shape index (κ2) is 5.94. The number of hydrogen-bond acceptors (Lipinski definition) is 2. The van der Waals surface area contributed by atoms with E-state index in [9.17, 15) is 4.79 Å². The third kappa shape index (κ3) is 3.49. The van der Waals surface area contributed by atoms with Crippen LogP contribution < -0.4 is 11.1 Å². The number of amides is 1. The Hall–Kier alpha value is -1.04. The summed E-state index contributed by atoms with van der Waals surface area (Å²) in [5, 5.41) is 3.32. The summed E-state index contributed by atoms with van der Waals surface area (Å²) in [4.78, 5) is 12.1. The molecule has 0 unspecified atom stereocenters. The van der Waals surface area contributed by atoms with E-state index in [-0.39, 0.29) is 5.91 Å². The Bertz CT molecular complexity index is 623. The first-order valence-electron chi connectivity index (χ1n) is 5.29. The summed E-state index contributed by atoms with van der Waals surface area (Å²) in [5.74, 6) is -0.242. The lowest BCUT2D eigenvalue weighted by atomic mass is 10.2. The number of benzene rings is 2. The van der Waals surface area contributed by atoms with Crippen LogP contribution in [0.5, 0.6) is 0 Å². The average molecular weight is 404 g/mol. The standard InChI is InChI=1S/C13H9Br2ClN2O/c14-10-5-9(17)6-11(15)12(10)18-13(19)7-2-1-3-8(16)4-7/h1-6H,17H2,(H,18,19). The molecule has 0 atom stereocenters. The Kier molecular flexibility index (Phi) is 4.50. The van der Waals surface area contributed by atoms with E-state index in [0.29, 0.717) is 30.9 Å². The summed E-state index contributed by atoms with van der Waals surface area (Å²) in [6.07, 6.45) is 0. The molecule has 0 saturated heterocycles. The van der Waals surface area contributed by atoms with Crippen molar-refractivity contribution in [2.24, 2.45) is 0 Å². The molecule has 0 heterocycles. The molecule has 0 fully saturated rings. The minimum Gasteiger partial charge on any atom is -0.399 e. The van der Waals surface area contributed by atoms with E-state index >= 15 is 0 Å². The molecule has 0 aliphatic rings. The van der Waals surface area contributed by atoms with Gasteiger partial charge in [-0.15, -0.1) is 0 Å². The minimum atomic E-state index is -0.242. The van der Waals surface area contributed by atoms with Crippen molar-refractivity contribution < 1.29 is 4.79 Å². The van der Waals surface area contributed by atoms with Crippen LogP contribution in [-0.4, -0.2) is 5.91 Å². The number of carbonyl (C=O) groups is 1. The van der Waals surface area contributed by atoms with E-state index in [4.69, 9.17) is 17.3 Å². The minimum absolute atomic E-state index is 0.242. The predicted molar refractivity (Wildman–Crippen MR) is 85.7 cm³/mol. The lowest BCUT2D eigenvalue weighted by Gasteiger charge is -2.10. The monoisotopic (exact) mass is 402 g/mol. The molecular weight excluding hydrogens is 395 g/mol. The first kappa shape index (κ1) is 14.4. The van der Waals surface area contributed by atoms with Gasteiger partial charge in [0.1, 0.15) is 0 Å². The molecule has 6 heteroatoms. The van der Waals surface area contributed by atoms with Gasteiger partial charge < -0.3 is 11.1 Å². The zero-order valence-corrected chi connectivity index (χ0v) is 13.5. The van der Waals surface area contributed by atoms with E-state index in [1.54, 1.807) is 36.4 Å². The van der Waals surface area contributed by atoms with Gasteiger partial charge >= 0.3 is 0 Å². The smallest absolute Gasteiger partial charge is 0.255 e. The number of nitrogen functional groups attached to an aromatic ring is 1. The predicted octanol–water partition coefficient (Wildman–Crippen LogP) is 4.70. The lowest BCUT2D eigenvalue weighted by molar-refractivity contribution is 0.102. The van der Waals surface area contributed by atoms with Crippen LogP contribution in [0.15, 0.2) is 45.3 Å². The first-order valence-corrected chi connectivity index (χ1v) is 7.25. The van der Waals surface area contributed by atoms with E-state index in [2.05, 4.69) is 37.2 Å². The maximum absolute atomic E-state index is 12.1. The van der Waals surface area contributed by atoms with Crippen LogP contribution in [0.4, 0.5) is 11.4 Å². The third-order valence-corrected chi connectivity index (χ3v) is 3.88. The quantitative estimate of drug-likeness (QED) is 0.713. The van der Waals surface area contributed by atoms with Crippen molar-refractivity contribution >= 4 is 60.7 Å². The number of nitrogens with two attached hydrogens (primary N) is 1. The summed E-state index contributed by atoms with van der Waals surface area (Å²) < 4.78 is 1.41. The zero-order valence-electron chi connectivity index (χ0n) is 9.58. The van der Waals surface area contributed by atoms with Crippen LogP contribution in [0.3, 0.4) is 0 Å². The molecule has 98 valence electrons. The highest BCUT2D eigenvalue weighted by atomic mass is 79.9. The largest absolute Gasteiger partial charge is 0.399 e. The number of rotatable bonds is 2. The van der Waals surface area contributed by atoms with Gasteiger partial charge in [-0.2, -0.15) is 0 Å². The van der Waals surface area contributed by atoms with Crippen molar-refractivity contribution in [1.82, 2.24) is 0 Å². The van der Waals surface area contributed by atoms with Crippen LogP contribution in [0.25, 0.3) is 0 Å². The molecular formula is C13H9Br2ClN2O.